The first-order valence-electron chi connectivity index (χ1n) is 13.8. The van der Waals surface area contributed by atoms with Crippen molar-refractivity contribution in [2.24, 2.45) is 5.73 Å². The molecule has 1 heterocycles. The Morgan fingerprint density at radius 3 is 2.39 bits per heavy atom. The number of nitrogens with zero attached hydrogens (tertiary/aromatic N) is 1. The quantitative estimate of drug-likeness (QED) is 0.103. The number of nitrogens with one attached hydrogen (secondary N) is 3. The molecule has 0 spiro atoms. The van der Waals surface area contributed by atoms with E-state index in [9.17, 15) is 28.0 Å². The second kappa shape index (κ2) is 16.7. The number of ether oxygens (including phenoxy) is 1. The van der Waals surface area contributed by atoms with E-state index in [0.29, 0.717) is 26.6 Å². The van der Waals surface area contributed by atoms with Crippen molar-refractivity contribution in [3.63, 3.8) is 0 Å². The summed E-state index contributed by atoms with van der Waals surface area (Å²) in [7, 11) is -2.83. The minimum absolute atomic E-state index is 0.0428. The molecule has 0 bridgehead atoms. The third-order valence-electron chi connectivity index (χ3n) is 6.77. The summed E-state index contributed by atoms with van der Waals surface area (Å²) in [6, 6.07) is 15.7. The van der Waals surface area contributed by atoms with Gasteiger partial charge in [-0.05, 0) is 41.7 Å². The summed E-state index contributed by atoms with van der Waals surface area (Å²) in [5.74, 6) is -2.40. The zero-order chi connectivity index (χ0) is 32.1. The van der Waals surface area contributed by atoms with E-state index in [1.807, 2.05) is 0 Å². The lowest BCUT2D eigenvalue weighted by atomic mass is 10.1. The minimum Gasteiger partial charge on any atom is -0.619 e. The Labute approximate surface area is 261 Å². The van der Waals surface area contributed by atoms with Crippen molar-refractivity contribution < 1.29 is 32.3 Å². The van der Waals surface area contributed by atoms with Crippen LogP contribution in [0.3, 0.4) is 0 Å². The summed E-state index contributed by atoms with van der Waals surface area (Å²) in [5.41, 5.74) is 8.06. The predicted molar refractivity (Wildman–Crippen MR) is 164 cm³/mol. The molecule has 14 heteroatoms. The van der Waals surface area contributed by atoms with Crippen LogP contribution in [0.5, 0.6) is 0 Å². The van der Waals surface area contributed by atoms with Gasteiger partial charge in [0.05, 0.1) is 12.9 Å². The fourth-order valence-corrected chi connectivity index (χ4v) is 5.98. The van der Waals surface area contributed by atoms with Gasteiger partial charge in [-0.1, -0.05) is 54.1 Å². The number of benzene rings is 2. The molecule has 0 saturated carbocycles. The molecule has 5 N–H and O–H groups in total. The number of aromatic nitrogens is 1. The van der Waals surface area contributed by atoms with E-state index in [2.05, 4.69) is 15.4 Å². The maximum atomic E-state index is 13.6. The highest BCUT2D eigenvalue weighted by Crippen LogP contribution is 2.16. The molecule has 3 rings (SSSR count). The molecule has 3 aromatic rings. The molecule has 0 aliphatic heterocycles. The summed E-state index contributed by atoms with van der Waals surface area (Å²) in [6.45, 7) is 0.252. The van der Waals surface area contributed by atoms with E-state index < -0.39 is 39.9 Å². The van der Waals surface area contributed by atoms with Crippen LogP contribution in [0, 0.1) is 5.21 Å². The Balaban J connectivity index is 1.81. The van der Waals surface area contributed by atoms with E-state index in [-0.39, 0.29) is 44.5 Å². The Kier molecular flexibility index (Phi) is 13.1. The summed E-state index contributed by atoms with van der Waals surface area (Å²) in [6.07, 6.45) is 0.968. The van der Waals surface area contributed by atoms with Gasteiger partial charge in [0.2, 0.25) is 21.8 Å². The first-order valence-corrected chi connectivity index (χ1v) is 15.9. The van der Waals surface area contributed by atoms with Crippen LogP contribution in [0.2, 0.25) is 5.02 Å². The van der Waals surface area contributed by atoms with Crippen LogP contribution in [-0.2, 0) is 54.4 Å². The number of carbonyl (C=O) groups excluding carboxylic acids is 3. The smallest absolute Gasteiger partial charge is 0.305 e. The van der Waals surface area contributed by atoms with Crippen molar-refractivity contribution in [2.45, 2.75) is 56.6 Å². The molecule has 236 valence electrons. The van der Waals surface area contributed by atoms with Crippen LogP contribution in [-0.4, -0.2) is 45.4 Å². The minimum atomic E-state index is -4.03. The molecule has 2 amide bonds. The van der Waals surface area contributed by atoms with E-state index in [1.54, 1.807) is 66.7 Å². The van der Waals surface area contributed by atoms with Crippen LogP contribution in [0.1, 0.15) is 41.6 Å². The van der Waals surface area contributed by atoms with E-state index >= 15 is 0 Å². The monoisotopic (exact) mass is 645 g/mol. The molecule has 2 atom stereocenters. The largest absolute Gasteiger partial charge is 0.619 e. The van der Waals surface area contributed by atoms with Crippen molar-refractivity contribution >= 4 is 39.4 Å². The van der Waals surface area contributed by atoms with Crippen LogP contribution >= 0.6 is 11.6 Å². The van der Waals surface area contributed by atoms with Crippen molar-refractivity contribution in [3.05, 3.63) is 106 Å². The molecule has 1 aromatic heterocycles. The Hall–Kier alpha value is -4.04. The highest BCUT2D eigenvalue weighted by molar-refractivity contribution is 7.88. The number of pyridine rings is 1. The fourth-order valence-electron chi connectivity index (χ4n) is 4.41. The fraction of sp³-hybridized carbons (Fsp3) is 0.333. The number of nitrogens with two attached hydrogens (primary N) is 1. The second-order valence-electron chi connectivity index (χ2n) is 9.98. The van der Waals surface area contributed by atoms with Gasteiger partial charge in [-0.2, -0.15) is 4.73 Å². The summed E-state index contributed by atoms with van der Waals surface area (Å²) < 4.78 is 33.9. The number of hydrogen-bond donors (Lipinski definition) is 4. The van der Waals surface area contributed by atoms with Gasteiger partial charge in [-0.25, -0.2) is 13.1 Å². The SMILES string of the molecule is COC(=O)CC[C@H](NC(=O)C(CCc1cccc[n+]1[O-])NS(=O)(=O)Cc1ccccc1)C(=O)NCc1cc(Cl)ccc1CN. The van der Waals surface area contributed by atoms with Crippen LogP contribution in [0.15, 0.2) is 72.9 Å². The van der Waals surface area contributed by atoms with Gasteiger partial charge in [0.15, 0.2) is 11.9 Å². The molecule has 0 fully saturated rings. The summed E-state index contributed by atoms with van der Waals surface area (Å²) in [4.78, 5) is 38.8. The van der Waals surface area contributed by atoms with Gasteiger partial charge in [0.25, 0.3) is 0 Å². The standard InChI is InChI=1S/C30H36ClN5O7S/c1-43-28(37)15-14-26(29(38)33-19-23-17-24(31)11-10-22(23)18-32)34-30(39)27(13-12-25-9-5-6-16-36(25)40)35-44(41,42)20-21-7-3-2-4-8-21/h2-11,16-17,26-27,35H,12-15,18-20,32H2,1H3,(H,33,38)(H,34,39)/t26-,27?/m0/s1. The summed E-state index contributed by atoms with van der Waals surface area (Å²) >= 11 is 6.10. The molecule has 0 aliphatic carbocycles. The lowest BCUT2D eigenvalue weighted by Gasteiger charge is -2.23. The van der Waals surface area contributed by atoms with Gasteiger partial charge in [-0.15, -0.1) is 0 Å². The van der Waals surface area contributed by atoms with Gasteiger partial charge in [0, 0.05) is 43.1 Å². The number of aryl methyl sites for hydroxylation is 1. The van der Waals surface area contributed by atoms with E-state index in [1.165, 1.54) is 13.3 Å². The van der Waals surface area contributed by atoms with Gasteiger partial charge < -0.3 is 26.3 Å². The number of carbonyl (C=O) groups is 3. The average molecular weight is 646 g/mol. The molecule has 0 saturated heterocycles. The summed E-state index contributed by atoms with van der Waals surface area (Å²) in [5, 5.41) is 18.0. The number of halogens is 1. The Morgan fingerprint density at radius 2 is 1.70 bits per heavy atom. The normalized spacial score (nSPS) is 12.6. The molecular formula is C30H36ClN5O7S. The van der Waals surface area contributed by atoms with Gasteiger partial charge in [0.1, 0.15) is 12.1 Å². The zero-order valence-electron chi connectivity index (χ0n) is 24.2. The maximum absolute atomic E-state index is 13.6. The zero-order valence-corrected chi connectivity index (χ0v) is 25.8. The number of amides is 2. The van der Waals surface area contributed by atoms with Crippen molar-refractivity contribution in [1.29, 1.82) is 0 Å². The number of esters is 1. The second-order valence-corrected chi connectivity index (χ2v) is 12.2. The molecule has 12 nitrogen and oxygen atoms in total. The number of methoxy groups -OCH3 is 1. The highest BCUT2D eigenvalue weighted by atomic mass is 35.5. The number of sulfonamides is 1. The third-order valence-corrected chi connectivity index (χ3v) is 8.36. The topological polar surface area (TPSA) is 184 Å². The number of rotatable bonds is 16. The molecule has 2 aromatic carbocycles. The van der Waals surface area contributed by atoms with Crippen molar-refractivity contribution in [2.75, 3.05) is 7.11 Å². The Bertz CT molecular complexity index is 1540. The third kappa shape index (κ3) is 10.9. The van der Waals surface area contributed by atoms with Gasteiger partial charge >= 0.3 is 5.97 Å². The lowest BCUT2D eigenvalue weighted by Crippen LogP contribution is -2.54. The number of hydrogen-bond acceptors (Lipinski definition) is 8. The van der Waals surface area contributed by atoms with Crippen LogP contribution in [0.4, 0.5) is 0 Å². The highest BCUT2D eigenvalue weighted by Gasteiger charge is 2.30. The molecule has 44 heavy (non-hydrogen) atoms. The van der Waals surface area contributed by atoms with Crippen LogP contribution < -0.4 is 25.8 Å². The average Bonchev–Trinajstić information content (AvgIpc) is 3.00. The molecular weight excluding hydrogens is 610 g/mol. The van der Waals surface area contributed by atoms with Crippen LogP contribution in [0.25, 0.3) is 0 Å². The first kappa shape index (κ1) is 34.5. The lowest BCUT2D eigenvalue weighted by molar-refractivity contribution is -0.614. The van der Waals surface area contributed by atoms with Crippen molar-refractivity contribution in [1.82, 2.24) is 15.4 Å². The maximum Gasteiger partial charge on any atom is 0.305 e. The molecule has 1 unspecified atom stereocenters. The first-order chi connectivity index (χ1) is 21.0. The molecule has 0 aliphatic rings. The molecule has 0 radical (unpaired) electrons. The van der Waals surface area contributed by atoms with Gasteiger partial charge in [-0.3, -0.25) is 14.4 Å². The predicted octanol–water partition coefficient (Wildman–Crippen LogP) is 1.61. The van der Waals surface area contributed by atoms with E-state index in [0.717, 1.165) is 5.56 Å². The Morgan fingerprint density at radius 1 is 0.977 bits per heavy atom. The van der Waals surface area contributed by atoms with Crippen molar-refractivity contribution in [3.8, 4) is 0 Å². The van der Waals surface area contributed by atoms with E-state index in [4.69, 9.17) is 22.1 Å².